The number of hydrogen-bond donors (Lipinski definition) is 2. The van der Waals surface area contributed by atoms with E-state index in [1.807, 2.05) is 18.2 Å². The van der Waals surface area contributed by atoms with Crippen LogP contribution in [0.25, 0.3) is 0 Å². The van der Waals surface area contributed by atoms with Gasteiger partial charge in [0.1, 0.15) is 12.2 Å². The van der Waals surface area contributed by atoms with Crippen molar-refractivity contribution in [3.8, 4) is 0 Å². The molecule has 1 atom stereocenters. The average molecular weight is 559 g/mol. The number of halogens is 2. The Kier molecular flexibility index (Phi) is 10.6. The number of nitrogens with one attached hydrogen (secondary N) is 2. The first-order valence-electron chi connectivity index (χ1n) is 9.85. The molecule has 1 unspecified atom stereocenters. The summed E-state index contributed by atoms with van der Waals surface area (Å²) >= 11 is 7.82. The second-order valence-electron chi connectivity index (χ2n) is 6.71. The molecule has 0 bridgehead atoms. The van der Waals surface area contributed by atoms with Crippen molar-refractivity contribution in [1.82, 2.24) is 25.4 Å². The number of aryl methyl sites for hydroxylation is 1. The van der Waals surface area contributed by atoms with E-state index in [9.17, 15) is 0 Å². The third-order valence-corrected chi connectivity index (χ3v) is 5.83. The van der Waals surface area contributed by atoms with E-state index >= 15 is 0 Å². The Morgan fingerprint density at radius 1 is 1.30 bits per heavy atom. The van der Waals surface area contributed by atoms with Gasteiger partial charge in [-0.1, -0.05) is 36.7 Å². The molecule has 3 aromatic rings. The molecule has 0 aliphatic carbocycles. The second kappa shape index (κ2) is 12.9. The summed E-state index contributed by atoms with van der Waals surface area (Å²) < 4.78 is 2.07. The van der Waals surface area contributed by atoms with Crippen molar-refractivity contribution < 1.29 is 0 Å². The highest BCUT2D eigenvalue weighted by Gasteiger charge is 2.09. The summed E-state index contributed by atoms with van der Waals surface area (Å²) in [6, 6.07) is 12.3. The van der Waals surface area contributed by atoms with E-state index in [1.165, 1.54) is 10.4 Å². The molecule has 6 nitrogen and oxygen atoms in total. The van der Waals surface area contributed by atoms with E-state index in [4.69, 9.17) is 16.6 Å². The molecule has 0 amide bonds. The van der Waals surface area contributed by atoms with E-state index in [1.54, 1.807) is 17.7 Å². The monoisotopic (exact) mass is 558 g/mol. The summed E-state index contributed by atoms with van der Waals surface area (Å²) in [4.78, 5) is 6.05. The molecule has 0 saturated heterocycles. The molecule has 2 N–H and O–H groups in total. The van der Waals surface area contributed by atoms with Crippen molar-refractivity contribution in [2.75, 3.05) is 13.1 Å². The van der Waals surface area contributed by atoms with Crippen LogP contribution in [0.5, 0.6) is 0 Å². The van der Waals surface area contributed by atoms with Crippen LogP contribution in [0.15, 0.2) is 53.1 Å². The minimum atomic E-state index is 0. The Hall–Kier alpha value is -1.65. The number of aromatic nitrogens is 3. The van der Waals surface area contributed by atoms with Gasteiger partial charge in [0, 0.05) is 36.0 Å². The topological polar surface area (TPSA) is 67.1 Å². The lowest BCUT2D eigenvalue weighted by Crippen LogP contribution is -2.40. The Morgan fingerprint density at radius 3 is 2.90 bits per heavy atom. The summed E-state index contributed by atoms with van der Waals surface area (Å²) in [5.74, 6) is 1.80. The van der Waals surface area contributed by atoms with Crippen LogP contribution in [-0.2, 0) is 19.4 Å². The van der Waals surface area contributed by atoms with Gasteiger partial charge >= 0.3 is 0 Å². The first-order chi connectivity index (χ1) is 14.2. The number of benzene rings is 1. The molecule has 0 saturated carbocycles. The smallest absolute Gasteiger partial charge is 0.191 e. The number of nitrogens with zero attached hydrogens (tertiary/aromatic N) is 4. The van der Waals surface area contributed by atoms with Gasteiger partial charge in [-0.15, -0.1) is 45.5 Å². The fourth-order valence-electron chi connectivity index (χ4n) is 2.99. The van der Waals surface area contributed by atoms with Crippen LogP contribution in [0.4, 0.5) is 0 Å². The predicted molar refractivity (Wildman–Crippen MR) is 136 cm³/mol. The van der Waals surface area contributed by atoms with Gasteiger partial charge in [-0.05, 0) is 42.5 Å². The molecule has 9 heteroatoms. The molecule has 162 valence electrons. The van der Waals surface area contributed by atoms with Crippen molar-refractivity contribution in [1.29, 1.82) is 0 Å². The summed E-state index contributed by atoms with van der Waals surface area (Å²) in [6.07, 6.45) is 3.48. The molecule has 0 aliphatic heterocycles. The van der Waals surface area contributed by atoms with E-state index in [2.05, 4.69) is 62.8 Å². The average Bonchev–Trinajstić information content (AvgIpc) is 3.40. The Morgan fingerprint density at radius 2 is 2.17 bits per heavy atom. The maximum atomic E-state index is 6.08. The second-order valence-corrected chi connectivity index (χ2v) is 8.13. The molecule has 0 fully saturated rings. The first-order valence-corrected chi connectivity index (χ1v) is 11.1. The van der Waals surface area contributed by atoms with Gasteiger partial charge in [0.15, 0.2) is 5.96 Å². The van der Waals surface area contributed by atoms with Crippen LogP contribution in [0.2, 0.25) is 5.02 Å². The highest BCUT2D eigenvalue weighted by Crippen LogP contribution is 2.18. The van der Waals surface area contributed by atoms with Crippen molar-refractivity contribution in [2.45, 2.75) is 39.3 Å². The number of thiophene rings is 1. The highest BCUT2D eigenvalue weighted by molar-refractivity contribution is 14.0. The van der Waals surface area contributed by atoms with Crippen molar-refractivity contribution in [2.24, 2.45) is 4.99 Å². The number of hydrogen-bond acceptors (Lipinski definition) is 4. The van der Waals surface area contributed by atoms with Crippen LogP contribution in [0.3, 0.4) is 0 Å². The SMILES string of the molecule is CCc1nncn1CCNC(=NCCc1cccc(Cl)c1)NC(C)c1cccs1.I. The molecule has 2 aromatic heterocycles. The molecular formula is C21H28ClIN6S. The van der Waals surface area contributed by atoms with Crippen LogP contribution >= 0.6 is 46.9 Å². The molecule has 3 rings (SSSR count). The standard InChI is InChI=1S/C21H27ClN6S.HI/c1-3-20-27-25-15-28(20)12-11-24-21(26-16(2)19-8-5-13-29-19)23-10-9-17-6-4-7-18(22)14-17;/h4-8,13-16H,3,9-12H2,1-2H3,(H2,23,24,26);1H. The van der Waals surface area contributed by atoms with Gasteiger partial charge in [0.05, 0.1) is 6.04 Å². The van der Waals surface area contributed by atoms with Gasteiger partial charge in [-0.25, -0.2) is 0 Å². The van der Waals surface area contributed by atoms with Gasteiger partial charge in [-0.2, -0.15) is 0 Å². The van der Waals surface area contributed by atoms with E-state index in [0.717, 1.165) is 42.7 Å². The lowest BCUT2D eigenvalue weighted by Gasteiger charge is -2.18. The molecule has 0 spiro atoms. The van der Waals surface area contributed by atoms with E-state index in [0.29, 0.717) is 6.54 Å². The predicted octanol–water partition coefficient (Wildman–Crippen LogP) is 4.71. The van der Waals surface area contributed by atoms with Crippen molar-refractivity contribution in [3.63, 3.8) is 0 Å². The molecule has 0 radical (unpaired) electrons. The highest BCUT2D eigenvalue weighted by atomic mass is 127. The maximum Gasteiger partial charge on any atom is 0.191 e. The van der Waals surface area contributed by atoms with Crippen LogP contribution in [0.1, 0.15) is 36.2 Å². The lowest BCUT2D eigenvalue weighted by molar-refractivity contribution is 0.621. The summed E-state index contributed by atoms with van der Waals surface area (Å²) in [7, 11) is 0. The number of rotatable bonds is 9. The minimum Gasteiger partial charge on any atom is -0.355 e. The minimum absolute atomic E-state index is 0. The van der Waals surface area contributed by atoms with E-state index < -0.39 is 0 Å². The van der Waals surface area contributed by atoms with Gasteiger partial charge < -0.3 is 15.2 Å². The zero-order valence-electron chi connectivity index (χ0n) is 17.2. The first kappa shape index (κ1) is 24.6. The zero-order valence-corrected chi connectivity index (χ0v) is 21.1. The molecule has 1 aromatic carbocycles. The summed E-state index contributed by atoms with van der Waals surface area (Å²) in [5.41, 5.74) is 1.18. The van der Waals surface area contributed by atoms with Crippen LogP contribution in [0, 0.1) is 0 Å². The van der Waals surface area contributed by atoms with Crippen LogP contribution < -0.4 is 10.6 Å². The number of aliphatic imine (C=N–C) groups is 1. The Balaban J connectivity index is 0.00000320. The molecule has 30 heavy (non-hydrogen) atoms. The van der Waals surface area contributed by atoms with Gasteiger partial charge in [-0.3, -0.25) is 4.99 Å². The molecule has 0 aliphatic rings. The fraction of sp³-hybridized carbons (Fsp3) is 0.381. The summed E-state index contributed by atoms with van der Waals surface area (Å²) in [5, 5.41) is 17.9. The maximum absolute atomic E-state index is 6.08. The third kappa shape index (κ3) is 7.55. The largest absolute Gasteiger partial charge is 0.355 e. The third-order valence-electron chi connectivity index (χ3n) is 4.54. The van der Waals surface area contributed by atoms with Gasteiger partial charge in [0.2, 0.25) is 0 Å². The Labute approximate surface area is 204 Å². The van der Waals surface area contributed by atoms with E-state index in [-0.39, 0.29) is 30.0 Å². The van der Waals surface area contributed by atoms with Gasteiger partial charge in [0.25, 0.3) is 0 Å². The van der Waals surface area contributed by atoms with Crippen molar-refractivity contribution >= 4 is 52.9 Å². The normalized spacial score (nSPS) is 12.3. The van der Waals surface area contributed by atoms with Crippen LogP contribution in [-0.4, -0.2) is 33.8 Å². The van der Waals surface area contributed by atoms with Crippen molar-refractivity contribution in [3.05, 3.63) is 69.4 Å². The molecule has 2 heterocycles. The quantitative estimate of drug-likeness (QED) is 0.227. The summed E-state index contributed by atoms with van der Waals surface area (Å²) in [6.45, 7) is 6.44. The lowest BCUT2D eigenvalue weighted by atomic mass is 10.1. The Bertz CT molecular complexity index is 912. The number of guanidine groups is 1. The zero-order chi connectivity index (χ0) is 20.5. The molecular weight excluding hydrogens is 531 g/mol. The fourth-order valence-corrected chi connectivity index (χ4v) is 3.94.